The fourth-order valence-corrected chi connectivity index (χ4v) is 1.34. The van der Waals surface area contributed by atoms with Gasteiger partial charge in [0.2, 0.25) is 5.91 Å². The minimum absolute atomic E-state index is 0.204. The maximum atomic E-state index is 12.3. The summed E-state index contributed by atoms with van der Waals surface area (Å²) >= 11 is 0. The second-order valence-corrected chi connectivity index (χ2v) is 3.82. The van der Waals surface area contributed by atoms with E-state index in [1.54, 1.807) is 12.1 Å². The summed E-state index contributed by atoms with van der Waals surface area (Å²) in [4.78, 5) is 26.0. The number of hydrogen-bond acceptors (Lipinski definition) is 3. The van der Waals surface area contributed by atoms with E-state index in [0.717, 1.165) is 6.08 Å². The third-order valence-electron chi connectivity index (χ3n) is 2.11. The molecule has 5 nitrogen and oxygen atoms in total. The van der Waals surface area contributed by atoms with Crippen LogP contribution in [-0.4, -0.2) is 46.1 Å². The first-order chi connectivity index (χ1) is 9.28. The van der Waals surface area contributed by atoms with Crippen molar-refractivity contribution in [3.63, 3.8) is 0 Å². The lowest BCUT2D eigenvalue weighted by Gasteiger charge is -2.20. The van der Waals surface area contributed by atoms with Crippen LogP contribution in [0.4, 0.5) is 13.2 Å². The molecule has 0 atom stereocenters. The van der Waals surface area contributed by atoms with E-state index in [2.05, 4.69) is 4.98 Å². The van der Waals surface area contributed by atoms with E-state index in [1.807, 2.05) is 0 Å². The Balaban J connectivity index is 2.77. The topological polar surface area (TPSA) is 70.5 Å². The average molecular weight is 288 g/mol. The molecule has 1 aromatic rings. The first-order valence-electron chi connectivity index (χ1n) is 5.43. The highest BCUT2D eigenvalue weighted by Gasteiger charge is 2.33. The third-order valence-corrected chi connectivity index (χ3v) is 2.11. The van der Waals surface area contributed by atoms with E-state index in [0.29, 0.717) is 5.56 Å². The molecule has 0 spiro atoms. The van der Waals surface area contributed by atoms with Crippen LogP contribution in [0.15, 0.2) is 30.6 Å². The van der Waals surface area contributed by atoms with Crippen molar-refractivity contribution >= 4 is 18.0 Å². The van der Waals surface area contributed by atoms with Gasteiger partial charge in [-0.1, -0.05) is 6.07 Å². The number of carbonyl (C=O) groups is 2. The second kappa shape index (κ2) is 6.69. The largest absolute Gasteiger partial charge is 0.480 e. The maximum Gasteiger partial charge on any atom is 0.406 e. The summed E-state index contributed by atoms with van der Waals surface area (Å²) in [6, 6.07) is 3.19. The Labute approximate surface area is 112 Å². The molecule has 0 saturated heterocycles. The first-order valence-corrected chi connectivity index (χ1v) is 5.43. The number of aliphatic carboxylic acids is 1. The minimum atomic E-state index is -4.66. The lowest BCUT2D eigenvalue weighted by Crippen LogP contribution is -2.41. The normalized spacial score (nSPS) is 11.6. The number of rotatable bonds is 5. The molecule has 1 heterocycles. The highest BCUT2D eigenvalue weighted by atomic mass is 19.4. The zero-order valence-corrected chi connectivity index (χ0v) is 10.2. The van der Waals surface area contributed by atoms with Gasteiger partial charge in [-0.2, -0.15) is 13.2 Å². The molecule has 0 fully saturated rings. The van der Waals surface area contributed by atoms with Crippen molar-refractivity contribution in [3.8, 4) is 0 Å². The molecule has 0 radical (unpaired) electrons. The molecule has 0 unspecified atom stereocenters. The number of pyridine rings is 1. The Morgan fingerprint density at radius 3 is 2.60 bits per heavy atom. The van der Waals surface area contributed by atoms with Crippen molar-refractivity contribution in [1.82, 2.24) is 9.88 Å². The summed E-state index contributed by atoms with van der Waals surface area (Å²) in [7, 11) is 0. The van der Waals surface area contributed by atoms with Gasteiger partial charge in [0, 0.05) is 18.5 Å². The summed E-state index contributed by atoms with van der Waals surface area (Å²) in [6.07, 6.45) is 0.397. The number of carboxylic acid groups (broad SMARTS) is 1. The molecule has 8 heteroatoms. The van der Waals surface area contributed by atoms with E-state index in [4.69, 9.17) is 5.11 Å². The lowest BCUT2D eigenvalue weighted by atomic mass is 10.2. The molecule has 1 aromatic heterocycles. The number of carbonyl (C=O) groups excluding carboxylic acids is 1. The molecule has 0 aliphatic rings. The molecule has 1 amide bonds. The van der Waals surface area contributed by atoms with Gasteiger partial charge in [-0.05, 0) is 17.7 Å². The van der Waals surface area contributed by atoms with E-state index < -0.39 is 31.1 Å². The molecule has 20 heavy (non-hydrogen) atoms. The van der Waals surface area contributed by atoms with Crippen molar-refractivity contribution in [2.45, 2.75) is 6.18 Å². The van der Waals surface area contributed by atoms with Crippen LogP contribution in [-0.2, 0) is 9.59 Å². The average Bonchev–Trinajstić information content (AvgIpc) is 2.34. The predicted molar refractivity (Wildman–Crippen MR) is 63.5 cm³/mol. The van der Waals surface area contributed by atoms with E-state index in [-0.39, 0.29) is 4.90 Å². The summed E-state index contributed by atoms with van der Waals surface area (Å²) < 4.78 is 36.8. The number of nitrogens with zero attached hydrogens (tertiary/aromatic N) is 2. The second-order valence-electron chi connectivity index (χ2n) is 3.82. The van der Waals surface area contributed by atoms with Crippen LogP contribution in [0.2, 0.25) is 0 Å². The molecule has 1 rings (SSSR count). The molecular weight excluding hydrogens is 277 g/mol. The van der Waals surface area contributed by atoms with Gasteiger partial charge in [-0.3, -0.25) is 14.6 Å². The number of alkyl halides is 3. The Bertz CT molecular complexity index is 500. The van der Waals surface area contributed by atoms with Crippen molar-refractivity contribution in [2.75, 3.05) is 13.1 Å². The molecule has 0 aromatic carbocycles. The molecule has 108 valence electrons. The van der Waals surface area contributed by atoms with E-state index in [9.17, 15) is 22.8 Å². The Kier molecular flexibility index (Phi) is 5.24. The molecule has 0 bridgehead atoms. The Hall–Kier alpha value is -2.38. The summed E-state index contributed by atoms with van der Waals surface area (Å²) in [5.74, 6) is -2.55. The Morgan fingerprint density at radius 2 is 2.10 bits per heavy atom. The standard InChI is InChI=1S/C12H11F3N2O3/c13-12(14,15)8-17(7-11(19)20)10(18)4-3-9-2-1-5-16-6-9/h1-6H,7-8H2,(H,19,20). The zero-order valence-electron chi connectivity index (χ0n) is 10.2. The van der Waals surface area contributed by atoms with Crippen LogP contribution >= 0.6 is 0 Å². The zero-order chi connectivity index (χ0) is 15.2. The van der Waals surface area contributed by atoms with E-state index >= 15 is 0 Å². The van der Waals surface area contributed by atoms with Gasteiger partial charge < -0.3 is 10.0 Å². The number of hydrogen-bond donors (Lipinski definition) is 1. The SMILES string of the molecule is O=C(O)CN(CC(F)(F)F)C(=O)C=Cc1cccnc1. The lowest BCUT2D eigenvalue weighted by molar-refractivity contribution is -0.163. The van der Waals surface area contributed by atoms with Gasteiger partial charge in [0.1, 0.15) is 13.1 Å². The van der Waals surface area contributed by atoms with Gasteiger partial charge in [-0.15, -0.1) is 0 Å². The van der Waals surface area contributed by atoms with Crippen LogP contribution in [0.3, 0.4) is 0 Å². The quantitative estimate of drug-likeness (QED) is 0.835. The number of halogens is 3. The van der Waals surface area contributed by atoms with Crippen molar-refractivity contribution in [3.05, 3.63) is 36.2 Å². The number of carboxylic acids is 1. The van der Waals surface area contributed by atoms with Gasteiger partial charge in [0.25, 0.3) is 0 Å². The van der Waals surface area contributed by atoms with Crippen molar-refractivity contribution in [2.24, 2.45) is 0 Å². The predicted octanol–water partition coefficient (Wildman–Crippen LogP) is 1.57. The Morgan fingerprint density at radius 1 is 1.40 bits per heavy atom. The summed E-state index contributed by atoms with van der Waals surface area (Å²) in [6.45, 7) is -2.63. The number of amides is 1. The highest BCUT2D eigenvalue weighted by molar-refractivity contribution is 5.93. The summed E-state index contributed by atoms with van der Waals surface area (Å²) in [5, 5.41) is 8.52. The molecule has 0 aliphatic heterocycles. The van der Waals surface area contributed by atoms with Crippen LogP contribution in [0, 0.1) is 0 Å². The molecule has 0 aliphatic carbocycles. The fraction of sp³-hybridized carbons (Fsp3) is 0.250. The fourth-order valence-electron chi connectivity index (χ4n) is 1.34. The van der Waals surface area contributed by atoms with Crippen molar-refractivity contribution < 1.29 is 27.9 Å². The summed E-state index contributed by atoms with van der Waals surface area (Å²) in [5.41, 5.74) is 0.517. The van der Waals surface area contributed by atoms with Crippen molar-refractivity contribution in [1.29, 1.82) is 0 Å². The molecular formula is C12H11F3N2O3. The van der Waals surface area contributed by atoms with Crippen LogP contribution in [0.1, 0.15) is 5.56 Å². The van der Waals surface area contributed by atoms with Gasteiger partial charge in [-0.25, -0.2) is 0 Å². The minimum Gasteiger partial charge on any atom is -0.480 e. The molecule has 0 saturated carbocycles. The van der Waals surface area contributed by atoms with Crippen LogP contribution < -0.4 is 0 Å². The van der Waals surface area contributed by atoms with Crippen LogP contribution in [0.25, 0.3) is 6.08 Å². The van der Waals surface area contributed by atoms with Crippen LogP contribution in [0.5, 0.6) is 0 Å². The number of aromatic nitrogens is 1. The highest BCUT2D eigenvalue weighted by Crippen LogP contribution is 2.16. The van der Waals surface area contributed by atoms with E-state index in [1.165, 1.54) is 18.5 Å². The third kappa shape index (κ3) is 5.98. The first kappa shape index (κ1) is 15.7. The maximum absolute atomic E-state index is 12.3. The van der Waals surface area contributed by atoms with Gasteiger partial charge in [0.05, 0.1) is 0 Å². The monoisotopic (exact) mass is 288 g/mol. The van der Waals surface area contributed by atoms with Gasteiger partial charge >= 0.3 is 12.1 Å². The smallest absolute Gasteiger partial charge is 0.406 e. The molecule has 1 N–H and O–H groups in total. The van der Waals surface area contributed by atoms with Gasteiger partial charge in [0.15, 0.2) is 0 Å².